The molecule has 4 nitrogen and oxygen atoms in total. The van der Waals surface area contributed by atoms with E-state index < -0.39 is 0 Å². The molecule has 2 aromatic heterocycles. The molecule has 0 fully saturated rings. The maximum atomic E-state index is 12.8. The molecule has 2 heterocycles. The molecule has 1 amide bonds. The minimum atomic E-state index is -0.192. The molecule has 0 atom stereocenters. The van der Waals surface area contributed by atoms with E-state index >= 15 is 0 Å². The van der Waals surface area contributed by atoms with Crippen molar-refractivity contribution >= 4 is 50.7 Å². The summed E-state index contributed by atoms with van der Waals surface area (Å²) in [6.45, 7) is 2.36. The molecular formula is C19H18Cl2N2O2S. The molecule has 1 aromatic carbocycles. The smallest absolute Gasteiger partial charge is 0.224 e. The summed E-state index contributed by atoms with van der Waals surface area (Å²) in [4.78, 5) is 26.0. The van der Waals surface area contributed by atoms with E-state index in [2.05, 4.69) is 5.32 Å². The minimum absolute atomic E-state index is 0.0450. The van der Waals surface area contributed by atoms with Crippen molar-refractivity contribution in [2.24, 2.45) is 7.05 Å². The van der Waals surface area contributed by atoms with Crippen molar-refractivity contribution in [1.82, 2.24) is 9.88 Å². The molecular weight excluding hydrogens is 391 g/mol. The van der Waals surface area contributed by atoms with Gasteiger partial charge in [0.05, 0.1) is 22.5 Å². The first-order valence-corrected chi connectivity index (χ1v) is 9.81. The Labute approximate surface area is 165 Å². The van der Waals surface area contributed by atoms with Gasteiger partial charge in [0.15, 0.2) is 0 Å². The number of carbonyl (C=O) groups is 1. The van der Waals surface area contributed by atoms with Crippen molar-refractivity contribution in [3.63, 3.8) is 0 Å². The number of nitrogens with one attached hydrogen (secondary N) is 1. The highest BCUT2D eigenvalue weighted by Gasteiger charge is 2.17. The lowest BCUT2D eigenvalue weighted by molar-refractivity contribution is -0.120. The van der Waals surface area contributed by atoms with Gasteiger partial charge in [0.25, 0.3) is 0 Å². The summed E-state index contributed by atoms with van der Waals surface area (Å²) in [6, 6.07) is 7.27. The van der Waals surface area contributed by atoms with Gasteiger partial charge in [0.2, 0.25) is 11.3 Å². The number of thiophene rings is 1. The van der Waals surface area contributed by atoms with Crippen LogP contribution in [-0.4, -0.2) is 10.5 Å². The predicted molar refractivity (Wildman–Crippen MR) is 108 cm³/mol. The summed E-state index contributed by atoms with van der Waals surface area (Å²) >= 11 is 13.2. The molecule has 7 heteroatoms. The Balaban J connectivity index is 1.80. The van der Waals surface area contributed by atoms with Crippen LogP contribution in [0.3, 0.4) is 0 Å². The molecule has 0 aliphatic rings. The van der Waals surface area contributed by atoms with Gasteiger partial charge >= 0.3 is 0 Å². The Kier molecular flexibility index (Phi) is 5.70. The molecule has 0 spiro atoms. The Morgan fingerprint density at radius 2 is 1.96 bits per heavy atom. The third-order valence-electron chi connectivity index (χ3n) is 4.29. The number of aryl methyl sites for hydroxylation is 2. The molecule has 0 bridgehead atoms. The van der Waals surface area contributed by atoms with Gasteiger partial charge in [0.1, 0.15) is 0 Å². The number of fused-ring (bicyclic) bond motifs is 1. The van der Waals surface area contributed by atoms with E-state index in [0.717, 1.165) is 21.5 Å². The summed E-state index contributed by atoms with van der Waals surface area (Å²) in [5.41, 5.74) is 3.26. The summed E-state index contributed by atoms with van der Waals surface area (Å²) in [6.07, 6.45) is 1.79. The van der Waals surface area contributed by atoms with Gasteiger partial charge in [-0.05, 0) is 30.2 Å². The molecule has 3 rings (SSSR count). The lowest BCUT2D eigenvalue weighted by atomic mass is 10.1. The second-order valence-electron chi connectivity index (χ2n) is 6.14. The number of hydrogen-bond acceptors (Lipinski definition) is 3. The number of aromatic nitrogens is 1. The van der Waals surface area contributed by atoms with Crippen molar-refractivity contribution in [2.75, 3.05) is 0 Å². The Morgan fingerprint density at radius 1 is 1.27 bits per heavy atom. The zero-order valence-electron chi connectivity index (χ0n) is 14.4. The van der Waals surface area contributed by atoms with Crippen LogP contribution >= 0.6 is 34.5 Å². The fraction of sp³-hybridized carbons (Fsp3) is 0.263. The van der Waals surface area contributed by atoms with Crippen LogP contribution in [0.4, 0.5) is 0 Å². The van der Waals surface area contributed by atoms with Crippen LogP contribution < -0.4 is 10.7 Å². The van der Waals surface area contributed by atoms with E-state index in [1.54, 1.807) is 18.3 Å². The van der Waals surface area contributed by atoms with Crippen molar-refractivity contribution in [3.05, 3.63) is 67.3 Å². The van der Waals surface area contributed by atoms with E-state index in [-0.39, 0.29) is 17.8 Å². The number of amides is 1. The normalized spacial score (nSPS) is 11.1. The zero-order valence-corrected chi connectivity index (χ0v) is 16.8. The second-order valence-corrected chi connectivity index (χ2v) is 7.94. The Morgan fingerprint density at radius 3 is 2.62 bits per heavy atom. The van der Waals surface area contributed by atoms with Crippen molar-refractivity contribution < 1.29 is 4.79 Å². The summed E-state index contributed by atoms with van der Waals surface area (Å²) in [5.74, 6) is 0.184. The van der Waals surface area contributed by atoms with E-state index in [1.165, 1.54) is 11.3 Å². The molecule has 0 aliphatic carbocycles. The van der Waals surface area contributed by atoms with Crippen LogP contribution in [0.5, 0.6) is 0 Å². The highest BCUT2D eigenvalue weighted by atomic mass is 35.5. The maximum absolute atomic E-state index is 12.8. The average molecular weight is 409 g/mol. The molecule has 136 valence electrons. The molecule has 0 saturated carbocycles. The van der Waals surface area contributed by atoms with E-state index in [0.29, 0.717) is 27.7 Å². The Hall–Kier alpha value is -1.82. The average Bonchev–Trinajstić information content (AvgIpc) is 2.96. The number of halogens is 2. The third-order valence-corrected chi connectivity index (χ3v) is 6.25. The van der Waals surface area contributed by atoms with E-state index in [9.17, 15) is 9.59 Å². The zero-order chi connectivity index (χ0) is 18.8. The van der Waals surface area contributed by atoms with Gasteiger partial charge < -0.3 is 9.88 Å². The van der Waals surface area contributed by atoms with Gasteiger partial charge in [-0.15, -0.1) is 22.9 Å². The molecule has 0 aliphatic heterocycles. The lowest BCUT2D eigenvalue weighted by Crippen LogP contribution is -2.27. The fourth-order valence-corrected chi connectivity index (χ4v) is 4.58. The van der Waals surface area contributed by atoms with Gasteiger partial charge in [-0.2, -0.15) is 0 Å². The quantitative estimate of drug-likeness (QED) is 0.644. The minimum Gasteiger partial charge on any atom is -0.352 e. The molecule has 0 saturated heterocycles. The van der Waals surface area contributed by atoms with Gasteiger partial charge in [-0.25, -0.2) is 0 Å². The molecule has 0 radical (unpaired) electrons. The highest BCUT2D eigenvalue weighted by Crippen LogP contribution is 2.29. The topological polar surface area (TPSA) is 51.1 Å². The first-order valence-electron chi connectivity index (χ1n) is 8.08. The lowest BCUT2D eigenvalue weighted by Gasteiger charge is -2.08. The van der Waals surface area contributed by atoms with Crippen LogP contribution in [0.25, 0.3) is 10.2 Å². The molecule has 0 unspecified atom stereocenters. The number of carbonyl (C=O) groups excluding carboxylic acids is 1. The predicted octanol–water partition coefficient (Wildman–Crippen LogP) is 4.16. The van der Waals surface area contributed by atoms with E-state index in [4.69, 9.17) is 23.2 Å². The number of pyridine rings is 1. The Bertz CT molecular complexity index is 1020. The summed E-state index contributed by atoms with van der Waals surface area (Å²) in [7, 11) is 1.88. The standard InChI is InChI=1S/C19H18Cl2N2O2S/c1-11-15(8-20)26-19-17(11)23(2)10-13(18(19)25)7-16(24)22-9-12-3-5-14(21)6-4-12/h3-6,10H,7-9H2,1-2H3,(H,22,24). The van der Waals surface area contributed by atoms with Gasteiger partial charge in [-0.3, -0.25) is 9.59 Å². The number of hydrogen-bond donors (Lipinski definition) is 1. The molecule has 26 heavy (non-hydrogen) atoms. The van der Waals surface area contributed by atoms with Crippen LogP contribution in [-0.2, 0) is 30.7 Å². The first-order chi connectivity index (χ1) is 12.4. The monoisotopic (exact) mass is 408 g/mol. The van der Waals surface area contributed by atoms with Crippen LogP contribution in [0.15, 0.2) is 35.3 Å². The highest BCUT2D eigenvalue weighted by molar-refractivity contribution is 7.19. The fourth-order valence-electron chi connectivity index (χ4n) is 2.92. The summed E-state index contributed by atoms with van der Waals surface area (Å²) in [5, 5.41) is 3.49. The van der Waals surface area contributed by atoms with Crippen LogP contribution in [0, 0.1) is 6.92 Å². The molecule has 3 aromatic rings. The van der Waals surface area contributed by atoms with Crippen molar-refractivity contribution in [3.8, 4) is 0 Å². The first kappa shape index (κ1) is 19.0. The number of alkyl halides is 1. The van der Waals surface area contributed by atoms with E-state index in [1.807, 2.05) is 30.7 Å². The van der Waals surface area contributed by atoms with Gasteiger partial charge in [-0.1, -0.05) is 23.7 Å². The summed E-state index contributed by atoms with van der Waals surface area (Å²) < 4.78 is 2.56. The number of benzene rings is 1. The second kappa shape index (κ2) is 7.82. The van der Waals surface area contributed by atoms with Crippen LogP contribution in [0.1, 0.15) is 21.6 Å². The van der Waals surface area contributed by atoms with Crippen molar-refractivity contribution in [1.29, 1.82) is 0 Å². The van der Waals surface area contributed by atoms with Crippen molar-refractivity contribution in [2.45, 2.75) is 25.8 Å². The third kappa shape index (κ3) is 3.80. The number of nitrogens with zero attached hydrogens (tertiary/aromatic N) is 1. The number of rotatable bonds is 5. The largest absolute Gasteiger partial charge is 0.352 e. The van der Waals surface area contributed by atoms with Gasteiger partial charge in [0, 0.05) is 35.3 Å². The van der Waals surface area contributed by atoms with Crippen LogP contribution in [0.2, 0.25) is 5.02 Å². The maximum Gasteiger partial charge on any atom is 0.224 e. The SMILES string of the molecule is Cc1c(CCl)sc2c(=O)c(CC(=O)NCc3ccc(Cl)cc3)cn(C)c12. The molecule has 1 N–H and O–H groups in total.